The van der Waals surface area contributed by atoms with Crippen molar-refractivity contribution in [1.82, 2.24) is 0 Å². The van der Waals surface area contributed by atoms with E-state index in [0.717, 1.165) is 29.9 Å². The van der Waals surface area contributed by atoms with Gasteiger partial charge in [-0.15, -0.1) is 0 Å². The van der Waals surface area contributed by atoms with Crippen molar-refractivity contribution in [2.24, 2.45) is 0 Å². The molecule has 1 aromatic carbocycles. The number of amides is 1. The van der Waals surface area contributed by atoms with Gasteiger partial charge in [-0.3, -0.25) is 4.79 Å². The number of aromatic hydroxyl groups is 1. The number of anilines is 1. The Kier molecular flexibility index (Phi) is 6.18. The first kappa shape index (κ1) is 17.5. The first-order valence-corrected chi connectivity index (χ1v) is 7.43. The first-order valence-electron chi connectivity index (χ1n) is 7.43. The molecular weight excluding hydrogens is 268 g/mol. The Bertz CT molecular complexity index is 473. The summed E-state index contributed by atoms with van der Waals surface area (Å²) in [5.74, 6) is 0.138. The molecule has 1 aromatic rings. The summed E-state index contributed by atoms with van der Waals surface area (Å²) in [6.07, 6.45) is 0. The summed E-state index contributed by atoms with van der Waals surface area (Å²) in [5, 5.41) is 21.7. The van der Waals surface area contributed by atoms with Gasteiger partial charge in [-0.2, -0.15) is 0 Å². The van der Waals surface area contributed by atoms with Crippen molar-refractivity contribution >= 4 is 11.6 Å². The molecule has 0 bridgehead atoms. The van der Waals surface area contributed by atoms with Crippen molar-refractivity contribution in [3.63, 3.8) is 0 Å². The molecule has 0 fully saturated rings. The van der Waals surface area contributed by atoms with Gasteiger partial charge in [0, 0.05) is 5.69 Å². The Balaban J connectivity index is 2.86. The third kappa shape index (κ3) is 4.44. The van der Waals surface area contributed by atoms with Crippen LogP contribution >= 0.6 is 0 Å². The molecule has 5 nitrogen and oxygen atoms in total. The molecule has 0 spiro atoms. The fourth-order valence-corrected chi connectivity index (χ4v) is 2.68. The molecule has 0 aliphatic heterocycles. The van der Waals surface area contributed by atoms with Gasteiger partial charge in [0.1, 0.15) is 12.3 Å². The van der Waals surface area contributed by atoms with E-state index in [2.05, 4.69) is 5.32 Å². The molecule has 0 aliphatic rings. The maximum Gasteiger partial charge on any atom is 0.279 e. The number of carbonyl (C=O) groups is 1. The number of nitrogens with zero attached hydrogens (tertiary/aromatic N) is 1. The number of carbonyl (C=O) groups excluding carboxylic acids is 1. The second-order valence-electron chi connectivity index (χ2n) is 5.58. The number of aliphatic hydroxyl groups is 1. The van der Waals surface area contributed by atoms with Gasteiger partial charge in [0.25, 0.3) is 5.91 Å². The molecule has 0 saturated carbocycles. The molecule has 5 heteroatoms. The monoisotopic (exact) mass is 295 g/mol. The van der Waals surface area contributed by atoms with Gasteiger partial charge in [-0.05, 0) is 51.0 Å². The molecule has 0 radical (unpaired) electrons. The highest BCUT2D eigenvalue weighted by molar-refractivity contribution is 5.93. The Morgan fingerprint density at radius 2 is 1.71 bits per heavy atom. The van der Waals surface area contributed by atoms with E-state index in [-0.39, 0.29) is 18.3 Å². The van der Waals surface area contributed by atoms with E-state index in [0.29, 0.717) is 17.6 Å². The molecule has 0 unspecified atom stereocenters. The number of rotatable bonds is 7. The molecule has 0 aromatic heterocycles. The van der Waals surface area contributed by atoms with Crippen LogP contribution in [-0.4, -0.2) is 53.4 Å². The van der Waals surface area contributed by atoms with Crippen molar-refractivity contribution in [3.05, 3.63) is 23.3 Å². The van der Waals surface area contributed by atoms with E-state index in [1.54, 1.807) is 12.1 Å². The zero-order valence-corrected chi connectivity index (χ0v) is 13.4. The van der Waals surface area contributed by atoms with Crippen LogP contribution in [0.3, 0.4) is 0 Å². The van der Waals surface area contributed by atoms with Crippen LogP contribution < -0.4 is 5.32 Å². The van der Waals surface area contributed by atoms with E-state index in [1.165, 1.54) is 0 Å². The van der Waals surface area contributed by atoms with Crippen LogP contribution in [0.4, 0.5) is 5.69 Å². The molecule has 0 heterocycles. The van der Waals surface area contributed by atoms with Crippen molar-refractivity contribution in [2.75, 3.05) is 38.1 Å². The highest BCUT2D eigenvalue weighted by Crippen LogP contribution is 2.25. The summed E-state index contributed by atoms with van der Waals surface area (Å²) in [4.78, 5) is 12.3. The van der Waals surface area contributed by atoms with Crippen LogP contribution in [0.15, 0.2) is 12.1 Å². The van der Waals surface area contributed by atoms with E-state index in [4.69, 9.17) is 0 Å². The third-order valence-corrected chi connectivity index (χ3v) is 4.18. The number of phenols is 1. The highest BCUT2D eigenvalue weighted by Gasteiger charge is 2.26. The Hall–Kier alpha value is -1.59. The second-order valence-corrected chi connectivity index (χ2v) is 5.58. The van der Waals surface area contributed by atoms with Crippen LogP contribution in [0.25, 0.3) is 0 Å². The second kappa shape index (κ2) is 7.43. The fourth-order valence-electron chi connectivity index (χ4n) is 2.68. The van der Waals surface area contributed by atoms with Gasteiger partial charge in [0.15, 0.2) is 6.54 Å². The number of aliphatic hydroxyl groups excluding tert-OH is 1. The largest absolute Gasteiger partial charge is 0.508 e. The highest BCUT2D eigenvalue weighted by atomic mass is 16.3. The number of hydrogen-bond donors (Lipinski definition) is 3. The fraction of sp³-hybridized carbons (Fsp3) is 0.562. The lowest BCUT2D eigenvalue weighted by Crippen LogP contribution is -2.53. The van der Waals surface area contributed by atoms with E-state index in [9.17, 15) is 15.0 Å². The standard InChI is InChI=1S/C16H26N2O3/c1-5-18(6-2,7-8-19)11-15(21)17-16-12(3)9-14(20)10-13(16)4/h9-10,19H,5-8,11H2,1-4H3,(H-,17,20,21)/p+1. The van der Waals surface area contributed by atoms with Gasteiger partial charge in [-0.1, -0.05) is 0 Å². The molecule has 21 heavy (non-hydrogen) atoms. The number of benzene rings is 1. The van der Waals surface area contributed by atoms with Crippen LogP contribution in [0.5, 0.6) is 5.75 Å². The topological polar surface area (TPSA) is 69.6 Å². The number of phenolic OH excluding ortho intramolecular Hbond substituents is 1. The molecule has 118 valence electrons. The number of aryl methyl sites for hydroxylation is 2. The van der Waals surface area contributed by atoms with Crippen molar-refractivity contribution in [2.45, 2.75) is 27.7 Å². The minimum absolute atomic E-state index is 0.0657. The van der Waals surface area contributed by atoms with Gasteiger partial charge in [0.2, 0.25) is 0 Å². The lowest BCUT2D eigenvalue weighted by atomic mass is 10.1. The number of quaternary nitrogens is 1. The summed E-state index contributed by atoms with van der Waals surface area (Å²) in [6, 6.07) is 3.27. The summed E-state index contributed by atoms with van der Waals surface area (Å²) in [7, 11) is 0. The van der Waals surface area contributed by atoms with Crippen molar-refractivity contribution in [1.29, 1.82) is 0 Å². The molecule has 3 N–H and O–H groups in total. The van der Waals surface area contributed by atoms with Gasteiger partial charge in [0.05, 0.1) is 19.7 Å². The average molecular weight is 295 g/mol. The molecule has 1 amide bonds. The molecular formula is C16H27N2O3+. The average Bonchev–Trinajstić information content (AvgIpc) is 2.42. The van der Waals surface area contributed by atoms with Gasteiger partial charge < -0.3 is 20.0 Å². The maximum absolute atomic E-state index is 12.3. The predicted octanol–water partition coefficient (Wildman–Crippen LogP) is 1.80. The van der Waals surface area contributed by atoms with Gasteiger partial charge in [-0.25, -0.2) is 0 Å². The SMILES string of the molecule is CC[N+](CC)(CCO)CC(=O)Nc1c(C)cc(O)cc1C. The van der Waals surface area contributed by atoms with Crippen LogP contribution in [0.1, 0.15) is 25.0 Å². The number of nitrogens with one attached hydrogen (secondary N) is 1. The lowest BCUT2D eigenvalue weighted by Gasteiger charge is -2.35. The van der Waals surface area contributed by atoms with Crippen LogP contribution in [0.2, 0.25) is 0 Å². The molecule has 0 saturated heterocycles. The van der Waals surface area contributed by atoms with Crippen LogP contribution in [-0.2, 0) is 4.79 Å². The number of likely N-dealkylation sites (N-methyl/N-ethyl adjacent to an activating group) is 1. The Morgan fingerprint density at radius 1 is 1.19 bits per heavy atom. The summed E-state index contributed by atoms with van der Waals surface area (Å²) in [5.41, 5.74) is 2.44. The predicted molar refractivity (Wildman–Crippen MR) is 84.4 cm³/mol. The zero-order chi connectivity index (χ0) is 16.0. The van der Waals surface area contributed by atoms with Crippen LogP contribution in [0, 0.1) is 13.8 Å². The Morgan fingerprint density at radius 3 is 2.14 bits per heavy atom. The minimum atomic E-state index is -0.0657. The molecule has 0 atom stereocenters. The molecule has 1 rings (SSSR count). The summed E-state index contributed by atoms with van der Waals surface area (Å²) < 4.78 is 0.568. The Labute approximate surface area is 126 Å². The lowest BCUT2D eigenvalue weighted by molar-refractivity contribution is -0.917. The van der Waals surface area contributed by atoms with Crippen molar-refractivity contribution < 1.29 is 19.5 Å². The van der Waals surface area contributed by atoms with Gasteiger partial charge >= 0.3 is 0 Å². The summed E-state index contributed by atoms with van der Waals surface area (Å²) >= 11 is 0. The smallest absolute Gasteiger partial charge is 0.279 e. The minimum Gasteiger partial charge on any atom is -0.508 e. The maximum atomic E-state index is 12.3. The first-order chi connectivity index (χ1) is 9.87. The van der Waals surface area contributed by atoms with E-state index >= 15 is 0 Å². The van der Waals surface area contributed by atoms with Crippen molar-refractivity contribution in [3.8, 4) is 5.75 Å². The van der Waals surface area contributed by atoms with E-state index in [1.807, 2.05) is 27.7 Å². The normalized spacial score (nSPS) is 11.5. The quantitative estimate of drug-likeness (QED) is 0.530. The van der Waals surface area contributed by atoms with E-state index < -0.39 is 0 Å². The number of hydrogen-bond acceptors (Lipinski definition) is 3. The molecule has 0 aliphatic carbocycles. The third-order valence-electron chi connectivity index (χ3n) is 4.18. The zero-order valence-electron chi connectivity index (χ0n) is 13.4. The summed E-state index contributed by atoms with van der Waals surface area (Å²) in [6.45, 7) is 10.4.